The van der Waals surface area contributed by atoms with Crippen molar-refractivity contribution in [3.8, 4) is 5.75 Å². The van der Waals surface area contributed by atoms with Crippen LogP contribution < -0.4 is 4.74 Å². The monoisotopic (exact) mass is 328 g/mol. The molecule has 0 saturated carbocycles. The maximum absolute atomic E-state index is 13.1. The third kappa shape index (κ3) is 3.46. The van der Waals surface area contributed by atoms with E-state index in [1.54, 1.807) is 62.6 Å². The number of ether oxygens (including phenoxy) is 3. The molecule has 2 aromatic rings. The molecule has 0 N–H and O–H groups in total. The minimum absolute atomic E-state index is 0.211. The Morgan fingerprint density at radius 2 is 1.58 bits per heavy atom. The van der Waals surface area contributed by atoms with E-state index in [2.05, 4.69) is 0 Å². The van der Waals surface area contributed by atoms with Gasteiger partial charge in [-0.15, -0.1) is 0 Å². The fourth-order valence-corrected chi connectivity index (χ4v) is 2.40. The summed E-state index contributed by atoms with van der Waals surface area (Å²) in [7, 11) is 2.96. The van der Waals surface area contributed by atoms with E-state index < -0.39 is 11.4 Å². The summed E-state index contributed by atoms with van der Waals surface area (Å²) in [5.74, 6) is -0.372. The number of hydrogen-bond donors (Lipinski definition) is 0. The topological polar surface area (TPSA) is 61.8 Å². The van der Waals surface area contributed by atoms with Gasteiger partial charge in [-0.2, -0.15) is 0 Å². The molecule has 0 radical (unpaired) electrons. The first-order valence-corrected chi connectivity index (χ1v) is 7.44. The van der Waals surface area contributed by atoms with Crippen LogP contribution in [0.15, 0.2) is 54.6 Å². The molecule has 1 atom stereocenters. The van der Waals surface area contributed by atoms with Crippen molar-refractivity contribution in [2.45, 2.75) is 12.3 Å². The van der Waals surface area contributed by atoms with E-state index in [9.17, 15) is 9.59 Å². The van der Waals surface area contributed by atoms with Gasteiger partial charge in [-0.25, -0.2) is 0 Å². The Morgan fingerprint density at radius 3 is 2.12 bits per heavy atom. The summed E-state index contributed by atoms with van der Waals surface area (Å²) in [5, 5.41) is 0. The highest BCUT2D eigenvalue weighted by atomic mass is 16.7. The number of methoxy groups -OCH3 is 2. The normalized spacial score (nSPS) is 13.0. The number of esters is 1. The molecule has 24 heavy (non-hydrogen) atoms. The molecule has 0 aliphatic rings. The van der Waals surface area contributed by atoms with E-state index in [1.165, 1.54) is 7.11 Å². The van der Waals surface area contributed by atoms with Gasteiger partial charge in [0, 0.05) is 12.7 Å². The summed E-state index contributed by atoms with van der Waals surface area (Å²) < 4.78 is 15.0. The van der Waals surface area contributed by atoms with Gasteiger partial charge in [0.1, 0.15) is 5.75 Å². The average molecular weight is 328 g/mol. The number of hydrogen-bond acceptors (Lipinski definition) is 5. The van der Waals surface area contributed by atoms with Gasteiger partial charge in [-0.1, -0.05) is 30.3 Å². The van der Waals surface area contributed by atoms with Crippen LogP contribution in [0.1, 0.15) is 22.8 Å². The Morgan fingerprint density at radius 1 is 0.958 bits per heavy atom. The van der Waals surface area contributed by atoms with E-state index >= 15 is 0 Å². The van der Waals surface area contributed by atoms with Crippen molar-refractivity contribution < 1.29 is 23.8 Å². The molecule has 0 spiro atoms. The highest BCUT2D eigenvalue weighted by Gasteiger charge is 2.44. The van der Waals surface area contributed by atoms with Crippen molar-refractivity contribution in [2.75, 3.05) is 21.0 Å². The summed E-state index contributed by atoms with van der Waals surface area (Å²) in [4.78, 5) is 25.7. The zero-order valence-electron chi connectivity index (χ0n) is 13.9. The highest BCUT2D eigenvalue weighted by Crippen LogP contribution is 2.30. The number of Topliss-reactive ketones (excluding diaryl/α,β-unsaturated/α-hetero) is 1. The maximum Gasteiger partial charge on any atom is 0.326 e. The summed E-state index contributed by atoms with van der Waals surface area (Å²) in [5.41, 5.74) is -0.502. The Hall–Kier alpha value is -2.66. The second-order valence-electron chi connectivity index (χ2n) is 5.39. The number of carbonyl (C=O) groups is 2. The summed E-state index contributed by atoms with van der Waals surface area (Å²) in [6.45, 7) is 1.35. The van der Waals surface area contributed by atoms with Crippen LogP contribution in [0.2, 0.25) is 0 Å². The molecular weight excluding hydrogens is 308 g/mol. The Balaban J connectivity index is 2.44. The van der Waals surface area contributed by atoms with Crippen molar-refractivity contribution in [1.82, 2.24) is 0 Å². The predicted octanol–water partition coefficient (Wildman–Crippen LogP) is 2.98. The first-order valence-electron chi connectivity index (χ1n) is 7.44. The molecule has 0 aliphatic carbocycles. The number of rotatable bonds is 7. The Bertz CT molecular complexity index is 693. The van der Waals surface area contributed by atoms with E-state index in [0.29, 0.717) is 16.9 Å². The van der Waals surface area contributed by atoms with Gasteiger partial charge in [0.2, 0.25) is 0 Å². The second-order valence-corrected chi connectivity index (χ2v) is 5.39. The van der Waals surface area contributed by atoms with E-state index in [0.717, 1.165) is 0 Å². The number of carbonyl (C=O) groups excluding carboxylic acids is 2. The minimum atomic E-state index is -1.46. The molecule has 0 heterocycles. The van der Waals surface area contributed by atoms with Gasteiger partial charge in [-0.3, -0.25) is 9.59 Å². The molecule has 2 aromatic carbocycles. The number of benzene rings is 2. The zero-order valence-corrected chi connectivity index (χ0v) is 13.9. The van der Waals surface area contributed by atoms with Gasteiger partial charge in [0.05, 0.1) is 7.11 Å². The maximum atomic E-state index is 13.1. The first-order chi connectivity index (χ1) is 11.5. The van der Waals surface area contributed by atoms with Crippen LogP contribution in [0.5, 0.6) is 5.75 Å². The quantitative estimate of drug-likeness (QED) is 0.338. The summed E-state index contributed by atoms with van der Waals surface area (Å²) in [6.07, 6.45) is 0. The summed E-state index contributed by atoms with van der Waals surface area (Å²) >= 11 is 0. The fourth-order valence-electron chi connectivity index (χ4n) is 2.40. The predicted molar refractivity (Wildman–Crippen MR) is 89.1 cm³/mol. The van der Waals surface area contributed by atoms with E-state index in [-0.39, 0.29) is 12.6 Å². The van der Waals surface area contributed by atoms with E-state index in [1.807, 2.05) is 6.07 Å². The van der Waals surface area contributed by atoms with Crippen molar-refractivity contribution in [3.05, 3.63) is 65.7 Å². The van der Waals surface area contributed by atoms with Crippen molar-refractivity contribution in [1.29, 1.82) is 0 Å². The van der Waals surface area contributed by atoms with Crippen molar-refractivity contribution in [2.24, 2.45) is 0 Å². The molecule has 0 amide bonds. The van der Waals surface area contributed by atoms with Crippen molar-refractivity contribution >= 4 is 11.8 Å². The minimum Gasteiger partial charge on any atom is -0.497 e. The molecule has 0 aliphatic heterocycles. The van der Waals surface area contributed by atoms with Crippen molar-refractivity contribution in [3.63, 3.8) is 0 Å². The second kappa shape index (κ2) is 7.75. The Labute approximate surface area is 141 Å². The lowest BCUT2D eigenvalue weighted by atomic mass is 9.76. The SMILES string of the molecule is COCOC(=O)C(C)(C(=O)c1ccc(OC)cc1)c1ccccc1. The third-order valence-electron chi connectivity index (χ3n) is 3.87. The third-order valence-corrected chi connectivity index (χ3v) is 3.87. The Kier molecular flexibility index (Phi) is 5.71. The molecule has 2 rings (SSSR count). The molecule has 0 bridgehead atoms. The molecule has 0 fully saturated rings. The van der Waals surface area contributed by atoms with Crippen LogP contribution in [0.4, 0.5) is 0 Å². The van der Waals surface area contributed by atoms with Gasteiger partial charge in [0.15, 0.2) is 18.0 Å². The van der Waals surface area contributed by atoms with Gasteiger partial charge < -0.3 is 14.2 Å². The standard InChI is InChI=1S/C19H20O5/c1-19(18(21)24-13-22-2,15-7-5-4-6-8-15)17(20)14-9-11-16(23-3)12-10-14/h4-12H,13H2,1-3H3. The van der Waals surface area contributed by atoms with Gasteiger partial charge in [0.25, 0.3) is 0 Å². The van der Waals surface area contributed by atoms with Crippen LogP contribution >= 0.6 is 0 Å². The fraction of sp³-hybridized carbons (Fsp3) is 0.263. The lowest BCUT2D eigenvalue weighted by molar-refractivity contribution is -0.158. The first kappa shape index (κ1) is 17.7. The van der Waals surface area contributed by atoms with Crippen LogP contribution in [0.25, 0.3) is 0 Å². The molecule has 1 unspecified atom stereocenters. The number of ketones is 1. The molecule has 0 aromatic heterocycles. The van der Waals surface area contributed by atoms with Crippen LogP contribution in [0, 0.1) is 0 Å². The van der Waals surface area contributed by atoms with Crippen LogP contribution in [0.3, 0.4) is 0 Å². The lowest BCUT2D eigenvalue weighted by Gasteiger charge is -2.26. The molecular formula is C19H20O5. The molecule has 5 nitrogen and oxygen atoms in total. The van der Waals surface area contributed by atoms with Gasteiger partial charge >= 0.3 is 5.97 Å². The zero-order chi connectivity index (χ0) is 17.6. The highest BCUT2D eigenvalue weighted by molar-refractivity contribution is 6.16. The molecule has 0 saturated heterocycles. The van der Waals surface area contributed by atoms with Gasteiger partial charge in [-0.05, 0) is 36.8 Å². The molecule has 5 heteroatoms. The molecule has 126 valence electrons. The summed E-state index contributed by atoms with van der Waals surface area (Å²) in [6, 6.07) is 15.5. The van der Waals surface area contributed by atoms with Crippen LogP contribution in [-0.4, -0.2) is 32.8 Å². The smallest absolute Gasteiger partial charge is 0.326 e. The van der Waals surface area contributed by atoms with E-state index in [4.69, 9.17) is 14.2 Å². The lowest BCUT2D eigenvalue weighted by Crippen LogP contribution is -2.42. The largest absolute Gasteiger partial charge is 0.497 e. The van der Waals surface area contributed by atoms with Crippen LogP contribution in [-0.2, 0) is 19.7 Å². The average Bonchev–Trinajstić information content (AvgIpc) is 2.65.